The molecule has 0 aliphatic carbocycles. The molecule has 0 spiro atoms. The molecule has 23 heavy (non-hydrogen) atoms. The van der Waals surface area contributed by atoms with Crippen LogP contribution in [0.5, 0.6) is 0 Å². The van der Waals surface area contributed by atoms with E-state index < -0.39 is 0 Å². The zero-order valence-corrected chi connectivity index (χ0v) is 13.0. The summed E-state index contributed by atoms with van der Waals surface area (Å²) >= 11 is 0. The molecule has 0 amide bonds. The molecule has 5 heteroatoms. The van der Waals surface area contributed by atoms with Crippen LogP contribution in [0, 0.1) is 0 Å². The van der Waals surface area contributed by atoms with Gasteiger partial charge in [0, 0.05) is 24.0 Å². The number of hydrogen-bond acceptors (Lipinski definition) is 3. The van der Waals surface area contributed by atoms with E-state index in [9.17, 15) is 4.79 Å². The quantitative estimate of drug-likeness (QED) is 0.571. The van der Waals surface area contributed by atoms with Gasteiger partial charge < -0.3 is 4.57 Å². The number of rotatable bonds is 2. The minimum absolute atomic E-state index is 0.0383. The SMILES string of the molecule is CC(C)n1ccc2c(cnc3c(-c4ccccc4)cnn32)c1=O. The molecule has 0 N–H and O–H groups in total. The molecule has 0 saturated heterocycles. The summed E-state index contributed by atoms with van der Waals surface area (Å²) in [7, 11) is 0. The number of benzene rings is 1. The Morgan fingerprint density at radius 1 is 1.04 bits per heavy atom. The van der Waals surface area contributed by atoms with Gasteiger partial charge >= 0.3 is 0 Å². The molecule has 4 aromatic rings. The fraction of sp³-hybridized carbons (Fsp3) is 0.167. The van der Waals surface area contributed by atoms with Crippen molar-refractivity contribution in [2.45, 2.75) is 19.9 Å². The number of aromatic nitrogens is 4. The van der Waals surface area contributed by atoms with E-state index in [4.69, 9.17) is 0 Å². The van der Waals surface area contributed by atoms with Gasteiger partial charge in [-0.1, -0.05) is 30.3 Å². The van der Waals surface area contributed by atoms with Gasteiger partial charge in [0.25, 0.3) is 5.56 Å². The van der Waals surface area contributed by atoms with Gasteiger partial charge in [0.1, 0.15) is 0 Å². The highest BCUT2D eigenvalue weighted by Crippen LogP contribution is 2.24. The predicted molar refractivity (Wildman–Crippen MR) is 90.6 cm³/mol. The Morgan fingerprint density at radius 2 is 1.83 bits per heavy atom. The molecular formula is C18H16N4O. The lowest BCUT2D eigenvalue weighted by Crippen LogP contribution is -2.22. The van der Waals surface area contributed by atoms with Crippen LogP contribution in [0.25, 0.3) is 27.7 Å². The third-order valence-corrected chi connectivity index (χ3v) is 4.06. The Labute approximate surface area is 132 Å². The van der Waals surface area contributed by atoms with Crippen molar-refractivity contribution in [2.75, 3.05) is 0 Å². The molecule has 3 heterocycles. The monoisotopic (exact) mass is 304 g/mol. The molecular weight excluding hydrogens is 288 g/mol. The summed E-state index contributed by atoms with van der Waals surface area (Å²) in [5, 5.41) is 5.02. The van der Waals surface area contributed by atoms with Gasteiger partial charge in [-0.05, 0) is 25.5 Å². The van der Waals surface area contributed by atoms with Gasteiger partial charge in [-0.25, -0.2) is 9.50 Å². The summed E-state index contributed by atoms with van der Waals surface area (Å²) in [6.45, 7) is 3.97. The van der Waals surface area contributed by atoms with Gasteiger partial charge in [-0.3, -0.25) is 4.79 Å². The van der Waals surface area contributed by atoms with Crippen molar-refractivity contribution in [1.82, 2.24) is 19.2 Å². The second-order valence-electron chi connectivity index (χ2n) is 5.84. The average molecular weight is 304 g/mol. The summed E-state index contributed by atoms with van der Waals surface area (Å²) in [6, 6.07) is 12.0. The third-order valence-electron chi connectivity index (χ3n) is 4.06. The number of nitrogens with zero attached hydrogens (tertiary/aromatic N) is 4. The summed E-state index contributed by atoms with van der Waals surface area (Å²) in [6.07, 6.45) is 5.27. The van der Waals surface area contributed by atoms with Crippen LogP contribution in [0.2, 0.25) is 0 Å². The van der Waals surface area contributed by atoms with Crippen LogP contribution in [0.1, 0.15) is 19.9 Å². The Morgan fingerprint density at radius 3 is 2.57 bits per heavy atom. The molecule has 0 atom stereocenters. The van der Waals surface area contributed by atoms with E-state index in [0.29, 0.717) is 5.39 Å². The highest BCUT2D eigenvalue weighted by molar-refractivity contribution is 5.84. The van der Waals surface area contributed by atoms with Crippen LogP contribution in [0.4, 0.5) is 0 Å². The standard InChI is InChI=1S/C18H16N4O/c1-12(2)21-9-8-16-15(18(21)23)10-19-17-14(11-20-22(16)17)13-6-4-3-5-7-13/h3-12H,1-2H3. The minimum Gasteiger partial charge on any atom is -0.312 e. The number of hydrogen-bond donors (Lipinski definition) is 0. The lowest BCUT2D eigenvalue weighted by atomic mass is 10.1. The van der Waals surface area contributed by atoms with Crippen LogP contribution < -0.4 is 5.56 Å². The molecule has 0 saturated carbocycles. The first-order valence-corrected chi connectivity index (χ1v) is 7.60. The van der Waals surface area contributed by atoms with Crippen LogP contribution in [0.3, 0.4) is 0 Å². The second-order valence-corrected chi connectivity index (χ2v) is 5.84. The van der Waals surface area contributed by atoms with E-state index in [2.05, 4.69) is 10.1 Å². The largest absolute Gasteiger partial charge is 0.312 e. The molecule has 0 aliphatic rings. The zero-order valence-electron chi connectivity index (χ0n) is 13.0. The summed E-state index contributed by atoms with van der Waals surface area (Å²) in [5.41, 5.74) is 3.51. The molecule has 3 aromatic heterocycles. The Balaban J connectivity index is 2.03. The van der Waals surface area contributed by atoms with Gasteiger partial charge in [0.15, 0.2) is 5.65 Å². The normalized spacial score (nSPS) is 11.6. The van der Waals surface area contributed by atoms with E-state index in [1.54, 1.807) is 21.5 Å². The first-order chi connectivity index (χ1) is 11.2. The van der Waals surface area contributed by atoms with Crippen LogP contribution in [-0.4, -0.2) is 19.2 Å². The van der Waals surface area contributed by atoms with Crippen molar-refractivity contribution in [2.24, 2.45) is 0 Å². The average Bonchev–Trinajstić information content (AvgIpc) is 3.00. The van der Waals surface area contributed by atoms with Crippen LogP contribution in [-0.2, 0) is 0 Å². The maximum atomic E-state index is 12.6. The fourth-order valence-electron chi connectivity index (χ4n) is 2.86. The van der Waals surface area contributed by atoms with E-state index in [0.717, 1.165) is 22.3 Å². The van der Waals surface area contributed by atoms with E-state index >= 15 is 0 Å². The Bertz CT molecular complexity index is 1060. The maximum Gasteiger partial charge on any atom is 0.261 e. The molecule has 1 aromatic carbocycles. The van der Waals surface area contributed by atoms with Gasteiger partial charge in [-0.2, -0.15) is 5.10 Å². The van der Waals surface area contributed by atoms with Gasteiger partial charge in [-0.15, -0.1) is 0 Å². The topological polar surface area (TPSA) is 52.2 Å². The lowest BCUT2D eigenvalue weighted by molar-refractivity contribution is 0.582. The number of fused-ring (bicyclic) bond motifs is 3. The van der Waals surface area contributed by atoms with E-state index in [-0.39, 0.29) is 11.6 Å². The molecule has 114 valence electrons. The van der Waals surface area contributed by atoms with Crippen molar-refractivity contribution >= 4 is 16.6 Å². The molecule has 4 rings (SSSR count). The minimum atomic E-state index is -0.0383. The molecule has 0 unspecified atom stereocenters. The third kappa shape index (κ3) is 2.04. The van der Waals surface area contributed by atoms with Crippen LogP contribution >= 0.6 is 0 Å². The first kappa shape index (κ1) is 13.7. The number of pyridine rings is 1. The first-order valence-electron chi connectivity index (χ1n) is 7.60. The molecule has 0 aliphatic heterocycles. The second kappa shape index (κ2) is 5.05. The van der Waals surface area contributed by atoms with Crippen molar-refractivity contribution in [3.8, 4) is 11.1 Å². The van der Waals surface area contributed by atoms with Crippen LogP contribution in [0.15, 0.2) is 59.8 Å². The summed E-state index contributed by atoms with van der Waals surface area (Å²) < 4.78 is 3.45. The van der Waals surface area contributed by atoms with Crippen molar-refractivity contribution < 1.29 is 0 Å². The predicted octanol–water partition coefficient (Wildman–Crippen LogP) is 3.29. The molecule has 5 nitrogen and oxygen atoms in total. The lowest BCUT2D eigenvalue weighted by Gasteiger charge is -2.10. The summed E-state index contributed by atoms with van der Waals surface area (Å²) in [4.78, 5) is 17.1. The molecule has 0 fully saturated rings. The Kier molecular flexibility index (Phi) is 3.01. The van der Waals surface area contributed by atoms with Crippen molar-refractivity contribution in [3.05, 3.63) is 65.3 Å². The highest BCUT2D eigenvalue weighted by Gasteiger charge is 2.13. The molecule has 0 bridgehead atoms. The smallest absolute Gasteiger partial charge is 0.261 e. The van der Waals surface area contributed by atoms with Gasteiger partial charge in [0.2, 0.25) is 0 Å². The van der Waals surface area contributed by atoms with E-state index in [1.165, 1.54) is 0 Å². The highest BCUT2D eigenvalue weighted by atomic mass is 16.1. The Hall–Kier alpha value is -2.95. The van der Waals surface area contributed by atoms with Crippen molar-refractivity contribution in [1.29, 1.82) is 0 Å². The summed E-state index contributed by atoms with van der Waals surface area (Å²) in [5.74, 6) is 0. The fourth-order valence-corrected chi connectivity index (χ4v) is 2.86. The molecule has 0 radical (unpaired) electrons. The van der Waals surface area contributed by atoms with Crippen molar-refractivity contribution in [3.63, 3.8) is 0 Å². The maximum absolute atomic E-state index is 12.6. The van der Waals surface area contributed by atoms with E-state index in [1.807, 2.05) is 56.4 Å². The van der Waals surface area contributed by atoms with Gasteiger partial charge in [0.05, 0.1) is 17.1 Å². The zero-order chi connectivity index (χ0) is 16.0.